The maximum atomic E-state index is 12.2. The van der Waals surface area contributed by atoms with E-state index in [9.17, 15) is 4.79 Å². The summed E-state index contributed by atoms with van der Waals surface area (Å²) in [5.74, 6) is 0.423. The average molecular weight is 277 g/mol. The minimum absolute atomic E-state index is 0.0629. The van der Waals surface area contributed by atoms with Crippen molar-refractivity contribution in [3.8, 4) is 0 Å². The van der Waals surface area contributed by atoms with Crippen molar-refractivity contribution >= 4 is 17.2 Å². The van der Waals surface area contributed by atoms with Crippen LogP contribution in [0.3, 0.4) is 0 Å². The van der Waals surface area contributed by atoms with Gasteiger partial charge in [0, 0.05) is 23.3 Å². The maximum absolute atomic E-state index is 12.2. The van der Waals surface area contributed by atoms with Gasteiger partial charge in [0.25, 0.3) is 5.56 Å². The summed E-state index contributed by atoms with van der Waals surface area (Å²) in [6, 6.07) is 2.27. The molecule has 2 rings (SSSR count). The van der Waals surface area contributed by atoms with Crippen molar-refractivity contribution in [1.82, 2.24) is 9.55 Å². The van der Waals surface area contributed by atoms with Crippen molar-refractivity contribution < 1.29 is 0 Å². The predicted molar refractivity (Wildman–Crippen MR) is 79.9 cm³/mol. The molecule has 2 aromatic heterocycles. The van der Waals surface area contributed by atoms with Crippen LogP contribution in [-0.4, -0.2) is 9.55 Å². The maximum Gasteiger partial charge on any atom is 0.293 e. The highest BCUT2D eigenvalue weighted by Crippen LogP contribution is 2.18. The van der Waals surface area contributed by atoms with Crippen LogP contribution in [0, 0.1) is 0 Å². The summed E-state index contributed by atoms with van der Waals surface area (Å²) in [4.78, 5) is 17.6. The smallest absolute Gasteiger partial charge is 0.293 e. The Morgan fingerprint density at radius 3 is 2.95 bits per heavy atom. The molecule has 2 heterocycles. The highest BCUT2D eigenvalue weighted by atomic mass is 32.1. The lowest BCUT2D eigenvalue weighted by Crippen LogP contribution is -2.25. The molecule has 0 aliphatic heterocycles. The molecule has 1 N–H and O–H groups in total. The molecule has 0 spiro atoms. The molecule has 0 aliphatic rings. The van der Waals surface area contributed by atoms with Gasteiger partial charge in [-0.2, -0.15) is 0 Å². The summed E-state index contributed by atoms with van der Waals surface area (Å²) in [6.07, 6.45) is 4.40. The van der Waals surface area contributed by atoms with E-state index in [2.05, 4.69) is 28.7 Å². The molecule has 0 aromatic carbocycles. The molecule has 0 unspecified atom stereocenters. The lowest BCUT2D eigenvalue weighted by molar-refractivity contribution is 0.575. The molecule has 0 bridgehead atoms. The van der Waals surface area contributed by atoms with Gasteiger partial charge in [0.1, 0.15) is 0 Å². The van der Waals surface area contributed by atoms with Crippen molar-refractivity contribution in [2.75, 3.05) is 5.32 Å². The normalized spacial score (nSPS) is 10.9. The zero-order valence-electron chi connectivity index (χ0n) is 11.5. The van der Waals surface area contributed by atoms with Gasteiger partial charge >= 0.3 is 0 Å². The van der Waals surface area contributed by atoms with Crippen LogP contribution in [0.25, 0.3) is 0 Å². The molecular weight excluding hydrogens is 258 g/mol. The number of aryl methyl sites for hydroxylation is 1. The number of anilines is 1. The first kappa shape index (κ1) is 13.8. The fourth-order valence-electron chi connectivity index (χ4n) is 1.95. The van der Waals surface area contributed by atoms with Crippen molar-refractivity contribution in [2.45, 2.75) is 39.8 Å². The van der Waals surface area contributed by atoms with Gasteiger partial charge < -0.3 is 9.88 Å². The quantitative estimate of drug-likeness (QED) is 0.913. The van der Waals surface area contributed by atoms with Crippen LogP contribution < -0.4 is 10.9 Å². The van der Waals surface area contributed by atoms with Crippen molar-refractivity contribution in [3.05, 3.63) is 44.6 Å². The second-order valence-corrected chi connectivity index (χ2v) is 5.66. The molecule has 0 atom stereocenters. The Hall–Kier alpha value is -1.62. The molecule has 0 amide bonds. The fourth-order valence-corrected chi connectivity index (χ4v) is 2.87. The van der Waals surface area contributed by atoms with Crippen molar-refractivity contribution in [3.63, 3.8) is 0 Å². The lowest BCUT2D eigenvalue weighted by Gasteiger charge is -2.11. The third kappa shape index (κ3) is 3.04. The number of hydrogen-bond acceptors (Lipinski definition) is 4. The van der Waals surface area contributed by atoms with Gasteiger partial charge in [-0.15, -0.1) is 11.3 Å². The van der Waals surface area contributed by atoms with E-state index in [1.165, 1.54) is 10.4 Å². The van der Waals surface area contributed by atoms with E-state index in [0.717, 1.165) is 6.42 Å². The molecule has 5 heteroatoms. The van der Waals surface area contributed by atoms with Crippen LogP contribution in [0.2, 0.25) is 0 Å². The Morgan fingerprint density at radius 2 is 2.26 bits per heavy atom. The summed E-state index contributed by atoms with van der Waals surface area (Å²) in [5, 5.41) is 5.24. The van der Waals surface area contributed by atoms with Crippen molar-refractivity contribution in [2.24, 2.45) is 0 Å². The Morgan fingerprint density at radius 1 is 1.47 bits per heavy atom. The number of nitrogens with zero attached hydrogens (tertiary/aromatic N) is 2. The highest BCUT2D eigenvalue weighted by molar-refractivity contribution is 7.10. The summed E-state index contributed by atoms with van der Waals surface area (Å²) in [7, 11) is 0. The number of aromatic nitrogens is 2. The van der Waals surface area contributed by atoms with E-state index in [4.69, 9.17) is 0 Å². The number of hydrogen-bond donors (Lipinski definition) is 1. The number of rotatable bonds is 5. The summed E-state index contributed by atoms with van der Waals surface area (Å²) in [6.45, 7) is 6.77. The van der Waals surface area contributed by atoms with E-state index in [1.54, 1.807) is 28.3 Å². The van der Waals surface area contributed by atoms with Crippen LogP contribution in [0.1, 0.15) is 37.3 Å². The largest absolute Gasteiger partial charge is 0.361 e. The van der Waals surface area contributed by atoms with Gasteiger partial charge in [0.15, 0.2) is 5.82 Å². The molecule has 0 radical (unpaired) electrons. The Bertz CT molecular complexity index is 601. The third-order valence-electron chi connectivity index (χ3n) is 3.06. The van der Waals surface area contributed by atoms with E-state index in [1.807, 2.05) is 13.8 Å². The van der Waals surface area contributed by atoms with E-state index < -0.39 is 0 Å². The number of nitrogens with one attached hydrogen (secondary N) is 1. The topological polar surface area (TPSA) is 46.9 Å². The summed E-state index contributed by atoms with van der Waals surface area (Å²) >= 11 is 1.71. The zero-order valence-corrected chi connectivity index (χ0v) is 12.3. The summed E-state index contributed by atoms with van der Waals surface area (Å²) < 4.78 is 1.69. The van der Waals surface area contributed by atoms with Gasteiger partial charge in [-0.25, -0.2) is 4.98 Å². The number of thiophene rings is 1. The van der Waals surface area contributed by atoms with Crippen LogP contribution in [0.4, 0.5) is 5.82 Å². The van der Waals surface area contributed by atoms with Crippen LogP contribution in [0.5, 0.6) is 0 Å². The second kappa shape index (κ2) is 6.02. The molecule has 0 fully saturated rings. The summed E-state index contributed by atoms with van der Waals surface area (Å²) in [5.41, 5.74) is 1.27. The predicted octanol–water partition coefficient (Wildman–Crippen LogP) is 3.06. The minimum atomic E-state index is -0.0629. The van der Waals surface area contributed by atoms with Crippen LogP contribution in [0.15, 0.2) is 28.6 Å². The van der Waals surface area contributed by atoms with Crippen LogP contribution >= 0.6 is 11.3 Å². The van der Waals surface area contributed by atoms with E-state index in [0.29, 0.717) is 12.4 Å². The Labute approximate surface area is 117 Å². The van der Waals surface area contributed by atoms with E-state index in [-0.39, 0.29) is 11.6 Å². The first-order valence-corrected chi connectivity index (χ1v) is 7.37. The molecule has 0 saturated heterocycles. The molecule has 0 aliphatic carbocycles. The van der Waals surface area contributed by atoms with Gasteiger partial charge in [0.05, 0.1) is 6.54 Å². The standard InChI is InChI=1S/C14H19N3OS/c1-4-11-5-8-19-12(11)9-16-13-14(18)17(10(2)3)7-6-15-13/h5-8,10H,4,9H2,1-3H3,(H,15,16). The fraction of sp³-hybridized carbons (Fsp3) is 0.429. The average Bonchev–Trinajstić information content (AvgIpc) is 2.84. The zero-order chi connectivity index (χ0) is 13.8. The van der Waals surface area contributed by atoms with Gasteiger partial charge in [-0.1, -0.05) is 6.92 Å². The SMILES string of the molecule is CCc1ccsc1CNc1nccn(C(C)C)c1=O. The first-order valence-electron chi connectivity index (χ1n) is 6.49. The second-order valence-electron chi connectivity index (χ2n) is 4.66. The molecule has 102 valence electrons. The Kier molecular flexibility index (Phi) is 4.37. The first-order chi connectivity index (χ1) is 9.13. The molecular formula is C14H19N3OS. The third-order valence-corrected chi connectivity index (χ3v) is 4.02. The monoisotopic (exact) mass is 277 g/mol. The van der Waals surface area contributed by atoms with Crippen molar-refractivity contribution in [1.29, 1.82) is 0 Å². The minimum Gasteiger partial charge on any atom is -0.361 e. The Balaban J connectivity index is 2.16. The van der Waals surface area contributed by atoms with Gasteiger partial charge in [-0.05, 0) is 37.3 Å². The van der Waals surface area contributed by atoms with E-state index >= 15 is 0 Å². The molecule has 2 aromatic rings. The van der Waals surface area contributed by atoms with Crippen LogP contribution in [-0.2, 0) is 13.0 Å². The molecule has 0 saturated carbocycles. The highest BCUT2D eigenvalue weighted by Gasteiger charge is 2.08. The van der Waals surface area contributed by atoms with Gasteiger partial charge in [-0.3, -0.25) is 4.79 Å². The molecule has 4 nitrogen and oxygen atoms in total. The lowest BCUT2D eigenvalue weighted by atomic mass is 10.2. The van der Waals surface area contributed by atoms with Gasteiger partial charge in [0.2, 0.25) is 0 Å². The molecule has 19 heavy (non-hydrogen) atoms.